The summed E-state index contributed by atoms with van der Waals surface area (Å²) in [5, 5.41) is 2.89. The third-order valence-corrected chi connectivity index (χ3v) is 3.78. The van der Waals surface area contributed by atoms with Crippen LogP contribution in [0.25, 0.3) is 0 Å². The first-order valence-corrected chi connectivity index (χ1v) is 7.50. The molecule has 0 atom stereocenters. The summed E-state index contributed by atoms with van der Waals surface area (Å²) in [5.74, 6) is -0.0700. The number of hydrogen-bond donors (Lipinski definition) is 1. The Labute approximate surface area is 130 Å². The molecule has 0 unspecified atom stereocenters. The predicted octanol–water partition coefficient (Wildman–Crippen LogP) is 2.59. The molecule has 0 bridgehead atoms. The Kier molecular flexibility index (Phi) is 5.15. The van der Waals surface area contributed by atoms with Crippen LogP contribution >= 0.6 is 0 Å². The van der Waals surface area contributed by atoms with E-state index in [4.69, 9.17) is 0 Å². The minimum atomic E-state index is -0.0700. The van der Waals surface area contributed by atoms with Gasteiger partial charge in [-0.3, -0.25) is 9.59 Å². The number of benzene rings is 1. The van der Waals surface area contributed by atoms with E-state index in [1.54, 1.807) is 16.8 Å². The third kappa shape index (κ3) is 4.07. The average molecular weight is 298 g/mol. The molecule has 1 aromatic carbocycles. The minimum Gasteiger partial charge on any atom is -0.352 e. The van der Waals surface area contributed by atoms with Gasteiger partial charge in [-0.15, -0.1) is 0 Å². The molecular weight excluding hydrogens is 276 g/mol. The van der Waals surface area contributed by atoms with Crippen LogP contribution in [0.5, 0.6) is 0 Å². The standard InChI is InChI=1S/C18H22N2O2/c1-13-7-10-20(17(21)11-13)9-4-8-19-18(22)16-6-5-14(2)15(3)12-16/h5-7,10-12H,4,8-9H2,1-3H3,(H,19,22). The second kappa shape index (κ2) is 7.07. The number of hydrogen-bond acceptors (Lipinski definition) is 2. The Morgan fingerprint density at radius 3 is 2.55 bits per heavy atom. The highest BCUT2D eigenvalue weighted by Gasteiger charge is 2.06. The Morgan fingerprint density at radius 2 is 1.86 bits per heavy atom. The summed E-state index contributed by atoms with van der Waals surface area (Å²) in [7, 11) is 0. The fourth-order valence-electron chi connectivity index (χ4n) is 2.23. The quantitative estimate of drug-likeness (QED) is 0.863. The van der Waals surface area contributed by atoms with E-state index in [-0.39, 0.29) is 11.5 Å². The summed E-state index contributed by atoms with van der Waals surface area (Å²) in [6, 6.07) is 9.22. The first kappa shape index (κ1) is 16.0. The van der Waals surface area contributed by atoms with E-state index in [1.165, 1.54) is 5.56 Å². The summed E-state index contributed by atoms with van der Waals surface area (Å²) in [6.45, 7) is 7.07. The maximum Gasteiger partial charge on any atom is 0.251 e. The number of aromatic nitrogens is 1. The molecule has 2 aromatic rings. The fraction of sp³-hybridized carbons (Fsp3) is 0.333. The van der Waals surface area contributed by atoms with Gasteiger partial charge in [0.1, 0.15) is 0 Å². The van der Waals surface area contributed by atoms with Gasteiger partial charge in [-0.2, -0.15) is 0 Å². The minimum absolute atomic E-state index is 0.000450. The van der Waals surface area contributed by atoms with Crippen LogP contribution in [0.2, 0.25) is 0 Å². The number of carbonyl (C=O) groups excluding carboxylic acids is 1. The van der Waals surface area contributed by atoms with Crippen LogP contribution in [0, 0.1) is 20.8 Å². The van der Waals surface area contributed by atoms with Crippen molar-refractivity contribution in [1.29, 1.82) is 0 Å². The van der Waals surface area contributed by atoms with Gasteiger partial charge in [0.05, 0.1) is 0 Å². The van der Waals surface area contributed by atoms with Crippen molar-refractivity contribution in [3.8, 4) is 0 Å². The zero-order valence-electron chi connectivity index (χ0n) is 13.3. The van der Waals surface area contributed by atoms with Gasteiger partial charge >= 0.3 is 0 Å². The molecule has 0 spiro atoms. The lowest BCUT2D eigenvalue weighted by Crippen LogP contribution is -2.27. The van der Waals surface area contributed by atoms with Crippen LogP contribution in [-0.4, -0.2) is 17.0 Å². The SMILES string of the molecule is Cc1ccn(CCCNC(=O)c2ccc(C)c(C)c2)c(=O)c1. The molecule has 0 fully saturated rings. The van der Waals surface area contributed by atoms with E-state index in [2.05, 4.69) is 5.32 Å². The van der Waals surface area contributed by atoms with E-state index >= 15 is 0 Å². The van der Waals surface area contributed by atoms with Gasteiger partial charge in [0.15, 0.2) is 0 Å². The second-order valence-electron chi connectivity index (χ2n) is 5.64. The van der Waals surface area contributed by atoms with Gasteiger partial charge in [0, 0.05) is 30.9 Å². The van der Waals surface area contributed by atoms with Crippen LogP contribution in [0.15, 0.2) is 41.3 Å². The van der Waals surface area contributed by atoms with Gasteiger partial charge < -0.3 is 9.88 Å². The normalized spacial score (nSPS) is 10.5. The molecule has 0 aliphatic heterocycles. The lowest BCUT2D eigenvalue weighted by atomic mass is 10.1. The molecule has 116 valence electrons. The summed E-state index contributed by atoms with van der Waals surface area (Å²) in [6.07, 6.45) is 2.52. The molecule has 0 saturated heterocycles. The summed E-state index contributed by atoms with van der Waals surface area (Å²) in [5.41, 5.74) is 3.93. The van der Waals surface area contributed by atoms with Crippen molar-refractivity contribution in [2.45, 2.75) is 33.7 Å². The highest BCUT2D eigenvalue weighted by Crippen LogP contribution is 2.09. The maximum absolute atomic E-state index is 12.1. The Balaban J connectivity index is 1.84. The van der Waals surface area contributed by atoms with Gasteiger partial charge in [0.2, 0.25) is 0 Å². The number of amides is 1. The topological polar surface area (TPSA) is 51.1 Å². The molecule has 2 rings (SSSR count). The van der Waals surface area contributed by atoms with Crippen molar-refractivity contribution in [2.24, 2.45) is 0 Å². The molecule has 0 aliphatic carbocycles. The molecule has 4 nitrogen and oxygen atoms in total. The number of nitrogens with one attached hydrogen (secondary N) is 1. The highest BCUT2D eigenvalue weighted by molar-refractivity contribution is 5.94. The van der Waals surface area contributed by atoms with Crippen molar-refractivity contribution in [3.05, 3.63) is 69.1 Å². The summed E-state index contributed by atoms with van der Waals surface area (Å²) < 4.78 is 1.66. The van der Waals surface area contributed by atoms with Gasteiger partial charge in [-0.25, -0.2) is 0 Å². The van der Waals surface area contributed by atoms with Crippen molar-refractivity contribution < 1.29 is 4.79 Å². The van der Waals surface area contributed by atoms with Crippen LogP contribution < -0.4 is 10.9 Å². The molecular formula is C18H22N2O2. The molecule has 0 saturated carbocycles. The van der Waals surface area contributed by atoms with E-state index < -0.39 is 0 Å². The van der Waals surface area contributed by atoms with Crippen molar-refractivity contribution >= 4 is 5.91 Å². The van der Waals surface area contributed by atoms with Gasteiger partial charge in [-0.05, 0) is 62.1 Å². The Bertz CT molecular complexity index is 732. The van der Waals surface area contributed by atoms with Crippen molar-refractivity contribution in [2.75, 3.05) is 6.54 Å². The smallest absolute Gasteiger partial charge is 0.251 e. The van der Waals surface area contributed by atoms with Crippen LogP contribution in [-0.2, 0) is 6.54 Å². The molecule has 4 heteroatoms. The van der Waals surface area contributed by atoms with E-state index in [9.17, 15) is 9.59 Å². The fourth-order valence-corrected chi connectivity index (χ4v) is 2.23. The molecule has 22 heavy (non-hydrogen) atoms. The van der Waals surface area contributed by atoms with Gasteiger partial charge in [0.25, 0.3) is 11.5 Å². The van der Waals surface area contributed by atoms with Gasteiger partial charge in [-0.1, -0.05) is 6.07 Å². The second-order valence-corrected chi connectivity index (χ2v) is 5.64. The van der Waals surface area contributed by atoms with Crippen LogP contribution in [0.4, 0.5) is 0 Å². The summed E-state index contributed by atoms with van der Waals surface area (Å²) >= 11 is 0. The molecule has 1 heterocycles. The van der Waals surface area contributed by atoms with Crippen molar-refractivity contribution in [3.63, 3.8) is 0 Å². The molecule has 1 N–H and O–H groups in total. The zero-order chi connectivity index (χ0) is 16.1. The van der Waals surface area contributed by atoms with Crippen molar-refractivity contribution in [1.82, 2.24) is 9.88 Å². The lowest BCUT2D eigenvalue weighted by Gasteiger charge is -2.08. The average Bonchev–Trinajstić information content (AvgIpc) is 2.48. The molecule has 1 aromatic heterocycles. The first-order valence-electron chi connectivity index (χ1n) is 7.50. The third-order valence-electron chi connectivity index (χ3n) is 3.78. The molecule has 0 aliphatic rings. The Hall–Kier alpha value is -2.36. The number of aryl methyl sites for hydroxylation is 4. The number of pyridine rings is 1. The number of nitrogens with zero attached hydrogens (tertiary/aromatic N) is 1. The monoisotopic (exact) mass is 298 g/mol. The number of carbonyl (C=O) groups is 1. The van der Waals surface area contributed by atoms with E-state index in [0.29, 0.717) is 18.7 Å². The number of rotatable bonds is 5. The lowest BCUT2D eigenvalue weighted by molar-refractivity contribution is 0.0952. The largest absolute Gasteiger partial charge is 0.352 e. The summed E-state index contributed by atoms with van der Waals surface area (Å²) in [4.78, 5) is 23.8. The highest BCUT2D eigenvalue weighted by atomic mass is 16.1. The van der Waals surface area contributed by atoms with Crippen LogP contribution in [0.3, 0.4) is 0 Å². The molecule has 0 radical (unpaired) electrons. The first-order chi connectivity index (χ1) is 10.5. The zero-order valence-corrected chi connectivity index (χ0v) is 13.3. The Morgan fingerprint density at radius 1 is 1.09 bits per heavy atom. The maximum atomic E-state index is 12.1. The van der Waals surface area contributed by atoms with E-state index in [1.807, 2.05) is 45.0 Å². The molecule has 1 amide bonds. The predicted molar refractivity (Wildman–Crippen MR) is 88.3 cm³/mol. The van der Waals surface area contributed by atoms with Crippen LogP contribution in [0.1, 0.15) is 33.5 Å². The van der Waals surface area contributed by atoms with E-state index in [0.717, 1.165) is 17.5 Å².